The standard InChI is InChI=1S/C23H23ClN4O2S2/c1-3-30-18-6-4-7-19-22(18)26-23(32-19)28-20(14-15(2)27-28)25-21(29)8-5-13-31-17-11-9-16(24)10-12-17/h4,6-7,9-12,14H,3,5,8,13H2,1-2H3,(H,25,29). The topological polar surface area (TPSA) is 69.0 Å². The fourth-order valence-corrected chi connectivity index (χ4v) is 5.10. The number of thioether (sulfide) groups is 1. The molecular weight excluding hydrogens is 464 g/mol. The molecule has 6 nitrogen and oxygen atoms in total. The fraction of sp³-hybridized carbons (Fsp3) is 0.261. The Morgan fingerprint density at radius 2 is 2.06 bits per heavy atom. The molecule has 4 aromatic rings. The molecule has 0 aliphatic heterocycles. The smallest absolute Gasteiger partial charge is 0.225 e. The number of nitrogens with zero attached hydrogens (tertiary/aromatic N) is 3. The van der Waals surface area contributed by atoms with Crippen LogP contribution in [0, 0.1) is 6.92 Å². The summed E-state index contributed by atoms with van der Waals surface area (Å²) in [7, 11) is 0. The zero-order valence-corrected chi connectivity index (χ0v) is 20.2. The maximum atomic E-state index is 12.6. The van der Waals surface area contributed by atoms with Crippen molar-refractivity contribution in [2.45, 2.75) is 31.6 Å². The van der Waals surface area contributed by atoms with Crippen molar-refractivity contribution in [1.29, 1.82) is 0 Å². The van der Waals surface area contributed by atoms with E-state index in [2.05, 4.69) is 10.4 Å². The molecule has 2 aromatic carbocycles. The van der Waals surface area contributed by atoms with Crippen molar-refractivity contribution in [3.8, 4) is 10.9 Å². The lowest BCUT2D eigenvalue weighted by molar-refractivity contribution is -0.116. The maximum Gasteiger partial charge on any atom is 0.225 e. The highest BCUT2D eigenvalue weighted by Crippen LogP contribution is 2.32. The van der Waals surface area contributed by atoms with E-state index in [4.69, 9.17) is 21.3 Å². The Hall–Kier alpha value is -2.55. The minimum Gasteiger partial charge on any atom is -0.492 e. The van der Waals surface area contributed by atoms with Crippen LogP contribution in [0.3, 0.4) is 0 Å². The number of halogens is 1. The summed E-state index contributed by atoms with van der Waals surface area (Å²) in [5.41, 5.74) is 1.61. The minimum absolute atomic E-state index is 0.0426. The van der Waals surface area contributed by atoms with Crippen molar-refractivity contribution in [2.24, 2.45) is 0 Å². The van der Waals surface area contributed by atoms with Crippen molar-refractivity contribution < 1.29 is 9.53 Å². The molecule has 0 unspecified atom stereocenters. The number of benzene rings is 2. The normalized spacial score (nSPS) is 11.1. The van der Waals surface area contributed by atoms with Crippen LogP contribution in [0.2, 0.25) is 5.02 Å². The number of hydrogen-bond donors (Lipinski definition) is 1. The first-order chi connectivity index (χ1) is 15.5. The van der Waals surface area contributed by atoms with Crippen molar-refractivity contribution >= 4 is 56.6 Å². The number of aromatic nitrogens is 3. The lowest BCUT2D eigenvalue weighted by Crippen LogP contribution is -2.14. The van der Waals surface area contributed by atoms with Gasteiger partial charge in [-0.1, -0.05) is 29.0 Å². The number of nitrogens with one attached hydrogen (secondary N) is 1. The number of carbonyl (C=O) groups is 1. The summed E-state index contributed by atoms with van der Waals surface area (Å²) in [4.78, 5) is 18.4. The molecule has 32 heavy (non-hydrogen) atoms. The number of amides is 1. The molecule has 9 heteroatoms. The molecule has 0 radical (unpaired) electrons. The summed E-state index contributed by atoms with van der Waals surface area (Å²) < 4.78 is 8.40. The van der Waals surface area contributed by atoms with E-state index in [0.717, 1.165) is 43.8 Å². The van der Waals surface area contributed by atoms with Crippen LogP contribution in [0.4, 0.5) is 5.82 Å². The SMILES string of the molecule is CCOc1cccc2sc(-n3nc(C)cc3NC(=O)CCCSc3ccc(Cl)cc3)nc12. The van der Waals surface area contributed by atoms with Crippen LogP contribution < -0.4 is 10.1 Å². The predicted molar refractivity (Wildman–Crippen MR) is 133 cm³/mol. The molecule has 1 N–H and O–H groups in total. The summed E-state index contributed by atoms with van der Waals surface area (Å²) in [6.07, 6.45) is 1.20. The van der Waals surface area contributed by atoms with E-state index in [-0.39, 0.29) is 5.91 Å². The number of carbonyl (C=O) groups excluding carboxylic acids is 1. The van der Waals surface area contributed by atoms with Crippen molar-refractivity contribution in [1.82, 2.24) is 14.8 Å². The molecule has 0 saturated heterocycles. The summed E-state index contributed by atoms with van der Waals surface area (Å²) in [6, 6.07) is 15.5. The first kappa shape index (κ1) is 22.6. The second-order valence-electron chi connectivity index (χ2n) is 7.07. The number of thiazole rings is 1. The average molecular weight is 487 g/mol. The maximum absolute atomic E-state index is 12.6. The third kappa shape index (κ3) is 5.43. The average Bonchev–Trinajstić information content (AvgIpc) is 3.36. The first-order valence-corrected chi connectivity index (χ1v) is 12.5. The van der Waals surface area contributed by atoms with Gasteiger partial charge < -0.3 is 10.1 Å². The Morgan fingerprint density at radius 1 is 1.25 bits per heavy atom. The van der Waals surface area contributed by atoms with E-state index in [1.807, 2.05) is 62.4 Å². The number of aryl methyl sites for hydroxylation is 1. The molecule has 0 bridgehead atoms. The van der Waals surface area contributed by atoms with E-state index in [1.54, 1.807) is 16.4 Å². The van der Waals surface area contributed by atoms with Crippen LogP contribution >= 0.6 is 34.7 Å². The number of anilines is 1. The van der Waals surface area contributed by atoms with Gasteiger partial charge in [0.25, 0.3) is 0 Å². The van der Waals surface area contributed by atoms with Gasteiger partial charge in [0, 0.05) is 22.4 Å². The molecule has 4 rings (SSSR count). The summed E-state index contributed by atoms with van der Waals surface area (Å²) in [6.45, 7) is 4.42. The van der Waals surface area contributed by atoms with Crippen LogP contribution in [0.5, 0.6) is 5.75 Å². The first-order valence-electron chi connectivity index (χ1n) is 10.3. The molecule has 2 aromatic heterocycles. The van der Waals surface area contributed by atoms with Gasteiger partial charge in [0.2, 0.25) is 11.0 Å². The number of hydrogen-bond acceptors (Lipinski definition) is 6. The highest BCUT2D eigenvalue weighted by molar-refractivity contribution is 7.99. The van der Waals surface area contributed by atoms with E-state index in [1.165, 1.54) is 11.3 Å². The molecule has 166 valence electrons. The van der Waals surface area contributed by atoms with Crippen LogP contribution in [-0.2, 0) is 4.79 Å². The minimum atomic E-state index is -0.0426. The number of ether oxygens (including phenoxy) is 1. The largest absolute Gasteiger partial charge is 0.492 e. The Bertz CT molecular complexity index is 1220. The summed E-state index contributed by atoms with van der Waals surface area (Å²) in [5, 5.41) is 8.95. The summed E-state index contributed by atoms with van der Waals surface area (Å²) >= 11 is 9.14. The molecule has 0 fully saturated rings. The quantitative estimate of drug-likeness (QED) is 0.220. The van der Waals surface area contributed by atoms with Gasteiger partial charge in [-0.2, -0.15) is 9.78 Å². The Kier molecular flexibility index (Phi) is 7.34. The Morgan fingerprint density at radius 3 is 2.84 bits per heavy atom. The van der Waals surface area contributed by atoms with Crippen molar-refractivity contribution in [3.05, 3.63) is 59.2 Å². The molecule has 0 saturated carbocycles. The monoisotopic (exact) mass is 486 g/mol. The molecule has 0 aliphatic rings. The highest BCUT2D eigenvalue weighted by Gasteiger charge is 2.16. The van der Waals surface area contributed by atoms with Crippen LogP contribution in [0.25, 0.3) is 15.3 Å². The number of para-hydroxylation sites is 1. The van der Waals surface area contributed by atoms with Crippen LogP contribution in [0.15, 0.2) is 53.4 Å². The fourth-order valence-electron chi connectivity index (χ4n) is 3.17. The predicted octanol–water partition coefficient (Wildman–Crippen LogP) is 6.35. The van der Waals surface area contributed by atoms with Gasteiger partial charge in [-0.25, -0.2) is 4.98 Å². The molecule has 0 spiro atoms. The summed E-state index contributed by atoms with van der Waals surface area (Å²) in [5.74, 6) is 2.18. The van der Waals surface area contributed by atoms with E-state index >= 15 is 0 Å². The lowest BCUT2D eigenvalue weighted by Gasteiger charge is -2.07. The number of fused-ring (bicyclic) bond motifs is 1. The van der Waals surface area contributed by atoms with E-state index < -0.39 is 0 Å². The van der Waals surface area contributed by atoms with Crippen molar-refractivity contribution in [2.75, 3.05) is 17.7 Å². The van der Waals surface area contributed by atoms with Gasteiger partial charge in [-0.05, 0) is 62.4 Å². The lowest BCUT2D eigenvalue weighted by atomic mass is 10.3. The second-order valence-corrected chi connectivity index (χ2v) is 9.68. The van der Waals surface area contributed by atoms with Gasteiger partial charge in [0.1, 0.15) is 17.1 Å². The van der Waals surface area contributed by atoms with E-state index in [9.17, 15) is 4.79 Å². The molecule has 0 atom stereocenters. The van der Waals surface area contributed by atoms with Gasteiger partial charge in [0.05, 0.1) is 17.0 Å². The molecule has 2 heterocycles. The molecule has 1 amide bonds. The van der Waals surface area contributed by atoms with Gasteiger partial charge >= 0.3 is 0 Å². The van der Waals surface area contributed by atoms with Gasteiger partial charge in [-0.3, -0.25) is 4.79 Å². The van der Waals surface area contributed by atoms with Crippen LogP contribution in [0.1, 0.15) is 25.5 Å². The third-order valence-electron chi connectivity index (χ3n) is 4.58. The molecular formula is C23H23ClN4O2S2. The van der Waals surface area contributed by atoms with E-state index in [0.29, 0.717) is 24.0 Å². The highest BCUT2D eigenvalue weighted by atomic mass is 35.5. The van der Waals surface area contributed by atoms with Crippen LogP contribution in [-0.4, -0.2) is 33.0 Å². The Balaban J connectivity index is 1.41. The third-order valence-corrected chi connectivity index (χ3v) is 6.93. The zero-order chi connectivity index (χ0) is 22.5. The second kappa shape index (κ2) is 10.4. The Labute approximate surface area is 200 Å². The van der Waals surface area contributed by atoms with Gasteiger partial charge in [0.15, 0.2) is 0 Å². The van der Waals surface area contributed by atoms with Crippen molar-refractivity contribution in [3.63, 3.8) is 0 Å². The van der Waals surface area contributed by atoms with Gasteiger partial charge in [-0.15, -0.1) is 11.8 Å². The number of rotatable bonds is 9. The zero-order valence-electron chi connectivity index (χ0n) is 17.8. The molecule has 0 aliphatic carbocycles.